The first kappa shape index (κ1) is 12.9. The number of hydrogen-bond acceptors (Lipinski definition) is 4. The van der Waals surface area contributed by atoms with Gasteiger partial charge < -0.3 is 10.2 Å². The molecule has 1 aliphatic heterocycles. The number of amides is 2. The zero-order valence-electron chi connectivity index (χ0n) is 9.91. The molecule has 0 aromatic carbocycles. The second-order valence-electron chi connectivity index (χ2n) is 4.43. The molecule has 0 radical (unpaired) electrons. The monoisotopic (exact) mass is 229 g/mol. The second-order valence-corrected chi connectivity index (χ2v) is 4.43. The Kier molecular flexibility index (Phi) is 3.88. The summed E-state index contributed by atoms with van der Waals surface area (Å²) in [6.45, 7) is 4.22. The Morgan fingerprint density at radius 2 is 2.19 bits per heavy atom. The minimum Gasteiger partial charge on any atom is -0.332 e. The molecule has 1 aliphatic rings. The van der Waals surface area contributed by atoms with E-state index in [2.05, 4.69) is 5.32 Å². The number of carbonyl (C=O) groups excluding carboxylic acids is 2. The summed E-state index contributed by atoms with van der Waals surface area (Å²) in [6.07, 6.45) is 1.72. The maximum Gasteiger partial charge on any atom is 0.265 e. The zero-order chi connectivity index (χ0) is 12.3. The third-order valence-corrected chi connectivity index (χ3v) is 3.23. The smallest absolute Gasteiger partial charge is 0.265 e. The van der Waals surface area contributed by atoms with E-state index in [9.17, 15) is 9.59 Å². The SMILES string of the molecule is CC(C(=O)NO)N(C)C(=O)C1(C)CCCN1. The van der Waals surface area contributed by atoms with Crippen LogP contribution in [0, 0.1) is 0 Å². The van der Waals surface area contributed by atoms with Crippen molar-refractivity contribution in [2.45, 2.75) is 38.3 Å². The van der Waals surface area contributed by atoms with Crippen molar-refractivity contribution in [3.63, 3.8) is 0 Å². The zero-order valence-corrected chi connectivity index (χ0v) is 9.91. The summed E-state index contributed by atoms with van der Waals surface area (Å²) in [5.74, 6) is -0.710. The molecule has 0 bridgehead atoms. The molecule has 2 atom stereocenters. The predicted molar refractivity (Wildman–Crippen MR) is 57.8 cm³/mol. The minimum absolute atomic E-state index is 0.124. The van der Waals surface area contributed by atoms with Gasteiger partial charge in [0.05, 0.1) is 5.54 Å². The van der Waals surface area contributed by atoms with E-state index >= 15 is 0 Å². The van der Waals surface area contributed by atoms with Crippen molar-refractivity contribution >= 4 is 11.8 Å². The van der Waals surface area contributed by atoms with Gasteiger partial charge in [-0.15, -0.1) is 0 Å². The number of rotatable bonds is 3. The van der Waals surface area contributed by atoms with Gasteiger partial charge in [-0.2, -0.15) is 0 Å². The van der Waals surface area contributed by atoms with Crippen LogP contribution in [0.3, 0.4) is 0 Å². The molecule has 0 aromatic heterocycles. The maximum absolute atomic E-state index is 12.1. The Hall–Kier alpha value is -1.14. The molecule has 0 aliphatic carbocycles. The van der Waals surface area contributed by atoms with E-state index < -0.39 is 17.5 Å². The third-order valence-electron chi connectivity index (χ3n) is 3.23. The van der Waals surface area contributed by atoms with E-state index in [-0.39, 0.29) is 5.91 Å². The predicted octanol–water partition coefficient (Wildman–Crippen LogP) is -0.519. The summed E-state index contributed by atoms with van der Waals surface area (Å²) in [6, 6.07) is -0.684. The lowest BCUT2D eigenvalue weighted by Crippen LogP contribution is -2.56. The van der Waals surface area contributed by atoms with Gasteiger partial charge in [0.1, 0.15) is 6.04 Å². The fourth-order valence-electron chi connectivity index (χ4n) is 1.91. The van der Waals surface area contributed by atoms with Crippen molar-refractivity contribution < 1.29 is 14.8 Å². The summed E-state index contributed by atoms with van der Waals surface area (Å²) in [4.78, 5) is 24.7. The Bertz CT molecular complexity index is 287. The van der Waals surface area contributed by atoms with Crippen LogP contribution in [0.2, 0.25) is 0 Å². The van der Waals surface area contributed by atoms with Crippen molar-refractivity contribution in [2.24, 2.45) is 0 Å². The van der Waals surface area contributed by atoms with Gasteiger partial charge in [-0.3, -0.25) is 14.8 Å². The molecular formula is C10H19N3O3. The average molecular weight is 229 g/mol. The summed E-state index contributed by atoms with van der Waals surface area (Å²) >= 11 is 0. The average Bonchev–Trinajstić information content (AvgIpc) is 2.73. The maximum atomic E-state index is 12.1. The molecule has 6 heteroatoms. The number of carbonyl (C=O) groups is 2. The molecule has 1 saturated heterocycles. The second kappa shape index (κ2) is 4.80. The molecule has 0 aromatic rings. The van der Waals surface area contributed by atoms with Gasteiger partial charge in [0.15, 0.2) is 0 Å². The lowest BCUT2D eigenvalue weighted by molar-refractivity contribution is -0.145. The number of nitrogens with one attached hydrogen (secondary N) is 2. The van der Waals surface area contributed by atoms with Crippen LogP contribution in [0.5, 0.6) is 0 Å². The Morgan fingerprint density at radius 3 is 2.62 bits per heavy atom. The van der Waals surface area contributed by atoms with Crippen molar-refractivity contribution in [1.29, 1.82) is 0 Å². The lowest BCUT2D eigenvalue weighted by Gasteiger charge is -2.32. The standard InChI is InChI=1S/C10H19N3O3/c1-7(8(14)12-16)13(3)9(15)10(2)5-4-6-11-10/h7,11,16H,4-6H2,1-3H3,(H,12,14). The van der Waals surface area contributed by atoms with Gasteiger partial charge in [0.25, 0.3) is 5.91 Å². The first-order chi connectivity index (χ1) is 7.42. The first-order valence-electron chi connectivity index (χ1n) is 5.38. The van der Waals surface area contributed by atoms with Crippen LogP contribution >= 0.6 is 0 Å². The van der Waals surface area contributed by atoms with Gasteiger partial charge in [-0.05, 0) is 33.2 Å². The summed E-state index contributed by atoms with van der Waals surface area (Å²) < 4.78 is 0. The minimum atomic E-state index is -0.684. The summed E-state index contributed by atoms with van der Waals surface area (Å²) in [5, 5.41) is 11.7. The van der Waals surface area contributed by atoms with Crippen molar-refractivity contribution in [2.75, 3.05) is 13.6 Å². The van der Waals surface area contributed by atoms with E-state index in [1.54, 1.807) is 19.5 Å². The van der Waals surface area contributed by atoms with E-state index in [0.717, 1.165) is 19.4 Å². The normalized spacial score (nSPS) is 26.2. The Balaban J connectivity index is 2.70. The van der Waals surface area contributed by atoms with Crippen LogP contribution in [-0.2, 0) is 9.59 Å². The fraction of sp³-hybridized carbons (Fsp3) is 0.800. The highest BCUT2D eigenvalue weighted by atomic mass is 16.5. The van der Waals surface area contributed by atoms with Gasteiger partial charge in [-0.1, -0.05) is 0 Å². The lowest BCUT2D eigenvalue weighted by atomic mass is 9.98. The number of nitrogens with zero attached hydrogens (tertiary/aromatic N) is 1. The van der Waals surface area contributed by atoms with E-state index in [4.69, 9.17) is 5.21 Å². The summed E-state index contributed by atoms with van der Waals surface area (Å²) in [7, 11) is 1.56. The molecule has 2 amide bonds. The highest BCUT2D eigenvalue weighted by Gasteiger charge is 2.39. The molecule has 16 heavy (non-hydrogen) atoms. The van der Waals surface area contributed by atoms with E-state index in [1.165, 1.54) is 4.90 Å². The quantitative estimate of drug-likeness (QED) is 0.449. The molecule has 6 nitrogen and oxygen atoms in total. The van der Waals surface area contributed by atoms with Gasteiger partial charge in [-0.25, -0.2) is 5.48 Å². The van der Waals surface area contributed by atoms with E-state index in [1.807, 2.05) is 6.92 Å². The fourth-order valence-corrected chi connectivity index (χ4v) is 1.91. The van der Waals surface area contributed by atoms with Crippen LogP contribution in [0.25, 0.3) is 0 Å². The Morgan fingerprint density at radius 1 is 1.56 bits per heavy atom. The third kappa shape index (κ3) is 2.33. The topological polar surface area (TPSA) is 81.7 Å². The number of likely N-dealkylation sites (N-methyl/N-ethyl adjacent to an activating group) is 1. The van der Waals surface area contributed by atoms with Gasteiger partial charge >= 0.3 is 0 Å². The largest absolute Gasteiger partial charge is 0.332 e. The van der Waals surface area contributed by atoms with Crippen LogP contribution < -0.4 is 10.8 Å². The molecule has 0 spiro atoms. The van der Waals surface area contributed by atoms with Crippen molar-refractivity contribution in [1.82, 2.24) is 15.7 Å². The number of hydroxylamine groups is 1. The molecule has 0 saturated carbocycles. The molecule has 92 valence electrons. The molecule has 1 fully saturated rings. The highest BCUT2D eigenvalue weighted by molar-refractivity contribution is 5.91. The van der Waals surface area contributed by atoms with Crippen LogP contribution in [0.1, 0.15) is 26.7 Å². The van der Waals surface area contributed by atoms with Crippen LogP contribution in [0.4, 0.5) is 0 Å². The molecule has 1 rings (SSSR count). The van der Waals surface area contributed by atoms with Crippen molar-refractivity contribution in [3.8, 4) is 0 Å². The molecule has 1 heterocycles. The van der Waals surface area contributed by atoms with Gasteiger partial charge in [0, 0.05) is 7.05 Å². The van der Waals surface area contributed by atoms with Crippen LogP contribution in [0.15, 0.2) is 0 Å². The van der Waals surface area contributed by atoms with Crippen molar-refractivity contribution in [3.05, 3.63) is 0 Å². The molecular weight excluding hydrogens is 210 g/mol. The first-order valence-corrected chi connectivity index (χ1v) is 5.38. The highest BCUT2D eigenvalue weighted by Crippen LogP contribution is 2.21. The van der Waals surface area contributed by atoms with Crippen LogP contribution in [-0.4, -0.2) is 47.1 Å². The van der Waals surface area contributed by atoms with Gasteiger partial charge in [0.2, 0.25) is 5.91 Å². The molecule has 2 unspecified atom stereocenters. The summed E-state index contributed by atoms with van der Waals surface area (Å²) in [5.41, 5.74) is 0.966. The number of hydrogen-bond donors (Lipinski definition) is 3. The van der Waals surface area contributed by atoms with E-state index in [0.29, 0.717) is 0 Å². The molecule has 3 N–H and O–H groups in total. The Labute approximate surface area is 94.9 Å².